The molecule has 0 aromatic heterocycles. The third-order valence-electron chi connectivity index (χ3n) is 3.73. The van der Waals surface area contributed by atoms with Gasteiger partial charge in [0.05, 0.1) is 6.61 Å². The second kappa shape index (κ2) is 9.49. The summed E-state index contributed by atoms with van der Waals surface area (Å²) in [6.45, 7) is 3.12. The summed E-state index contributed by atoms with van der Waals surface area (Å²) in [5, 5.41) is 15.7. The molecule has 0 aliphatic carbocycles. The summed E-state index contributed by atoms with van der Waals surface area (Å²) in [6, 6.07) is 13.5. The van der Waals surface area contributed by atoms with Gasteiger partial charge in [-0.05, 0) is 30.7 Å². The summed E-state index contributed by atoms with van der Waals surface area (Å²) in [5.41, 5.74) is 1.16. The Morgan fingerprint density at radius 2 is 1.78 bits per heavy atom. The van der Waals surface area contributed by atoms with Crippen molar-refractivity contribution in [2.24, 2.45) is 0 Å². The monoisotopic (exact) mass is 370 g/mol. The number of amides is 2. The van der Waals surface area contributed by atoms with E-state index in [1.807, 2.05) is 0 Å². The van der Waals surface area contributed by atoms with Crippen molar-refractivity contribution in [3.8, 4) is 0 Å². The van der Waals surface area contributed by atoms with Crippen LogP contribution < -0.4 is 10.6 Å². The van der Waals surface area contributed by atoms with E-state index in [9.17, 15) is 19.5 Å². The van der Waals surface area contributed by atoms with Crippen molar-refractivity contribution in [2.75, 3.05) is 11.9 Å². The number of benzene rings is 2. The van der Waals surface area contributed by atoms with Crippen LogP contribution in [0, 0.1) is 0 Å². The van der Waals surface area contributed by atoms with Crippen molar-refractivity contribution in [3.05, 3.63) is 65.7 Å². The summed E-state index contributed by atoms with van der Waals surface area (Å²) in [7, 11) is 0. The van der Waals surface area contributed by atoms with Crippen molar-refractivity contribution in [2.45, 2.75) is 26.0 Å². The first-order valence-electron chi connectivity index (χ1n) is 8.50. The molecule has 0 fully saturated rings. The van der Waals surface area contributed by atoms with Crippen LogP contribution in [0.15, 0.2) is 54.6 Å². The average molecular weight is 370 g/mol. The van der Waals surface area contributed by atoms with E-state index in [0.29, 0.717) is 11.3 Å². The Bertz CT molecular complexity index is 807. The number of esters is 1. The lowest BCUT2D eigenvalue weighted by Crippen LogP contribution is -2.46. The van der Waals surface area contributed by atoms with E-state index in [2.05, 4.69) is 10.6 Å². The minimum absolute atomic E-state index is 0.116. The molecule has 2 aromatic rings. The molecule has 3 N–H and O–H groups in total. The third kappa shape index (κ3) is 5.65. The molecule has 0 spiro atoms. The van der Waals surface area contributed by atoms with Crippen molar-refractivity contribution < 1.29 is 24.2 Å². The van der Waals surface area contributed by atoms with Crippen LogP contribution in [0.2, 0.25) is 0 Å². The molecular weight excluding hydrogens is 348 g/mol. The van der Waals surface area contributed by atoms with Crippen LogP contribution in [0.1, 0.15) is 35.9 Å². The molecule has 0 bridgehead atoms. The smallest absolute Gasteiger partial charge is 0.331 e. The Balaban J connectivity index is 2.23. The van der Waals surface area contributed by atoms with E-state index in [1.54, 1.807) is 49.4 Å². The number of anilines is 1. The lowest BCUT2D eigenvalue weighted by atomic mass is 10.0. The Kier molecular flexibility index (Phi) is 7.08. The van der Waals surface area contributed by atoms with Crippen LogP contribution in [0.25, 0.3) is 0 Å². The molecular formula is C20H22N2O5. The zero-order valence-corrected chi connectivity index (χ0v) is 15.1. The average Bonchev–Trinajstić information content (AvgIpc) is 2.66. The van der Waals surface area contributed by atoms with E-state index in [4.69, 9.17) is 4.74 Å². The topological polar surface area (TPSA) is 105 Å². The lowest BCUT2D eigenvalue weighted by Gasteiger charge is -2.23. The van der Waals surface area contributed by atoms with Crippen LogP contribution in [0.4, 0.5) is 5.69 Å². The van der Waals surface area contributed by atoms with Crippen molar-refractivity contribution in [1.29, 1.82) is 0 Å². The highest BCUT2D eigenvalue weighted by Crippen LogP contribution is 2.19. The highest BCUT2D eigenvalue weighted by atomic mass is 16.5. The summed E-state index contributed by atoms with van der Waals surface area (Å²) in [6.07, 6.45) is -1.27. The van der Waals surface area contributed by atoms with Crippen LogP contribution >= 0.6 is 0 Å². The second-order valence-electron chi connectivity index (χ2n) is 5.82. The number of rotatable bonds is 7. The molecule has 142 valence electrons. The molecule has 0 aliphatic heterocycles. The van der Waals surface area contributed by atoms with E-state index < -0.39 is 24.0 Å². The number of nitrogens with one attached hydrogen (secondary N) is 2. The standard InChI is InChI=1S/C20H22N2O5/c1-3-27-20(26)17(18(24)14-8-5-4-6-9-14)22-19(25)15-10-7-11-16(12-15)21-13(2)23/h4-12,17-18,24H,3H2,1-2H3,(H,21,23)(H,22,25). The fraction of sp³-hybridized carbons (Fsp3) is 0.250. The van der Waals surface area contributed by atoms with Gasteiger partial charge in [0.25, 0.3) is 5.91 Å². The highest BCUT2D eigenvalue weighted by Gasteiger charge is 2.31. The van der Waals surface area contributed by atoms with Gasteiger partial charge < -0.3 is 20.5 Å². The SMILES string of the molecule is CCOC(=O)C(NC(=O)c1cccc(NC(C)=O)c1)C(O)c1ccccc1. The quantitative estimate of drug-likeness (QED) is 0.647. The van der Waals surface area contributed by atoms with Gasteiger partial charge in [-0.15, -0.1) is 0 Å². The highest BCUT2D eigenvalue weighted by molar-refractivity contribution is 5.98. The number of carbonyl (C=O) groups is 3. The third-order valence-corrected chi connectivity index (χ3v) is 3.73. The van der Waals surface area contributed by atoms with Gasteiger partial charge in [-0.25, -0.2) is 4.79 Å². The summed E-state index contributed by atoms with van der Waals surface area (Å²) >= 11 is 0. The fourth-order valence-electron chi connectivity index (χ4n) is 2.51. The van der Waals surface area contributed by atoms with E-state index in [1.165, 1.54) is 19.1 Å². The summed E-state index contributed by atoms with van der Waals surface area (Å²) in [5.74, 6) is -1.58. The molecule has 0 saturated carbocycles. The van der Waals surface area contributed by atoms with Gasteiger partial charge in [-0.2, -0.15) is 0 Å². The van der Waals surface area contributed by atoms with Crippen molar-refractivity contribution in [3.63, 3.8) is 0 Å². The van der Waals surface area contributed by atoms with Crippen molar-refractivity contribution in [1.82, 2.24) is 5.32 Å². The molecule has 0 radical (unpaired) electrons. The Morgan fingerprint density at radius 1 is 1.07 bits per heavy atom. The number of hydrogen-bond acceptors (Lipinski definition) is 5. The normalized spacial score (nSPS) is 12.6. The molecule has 7 nitrogen and oxygen atoms in total. The predicted octanol–water partition coefficient (Wildman–Crippen LogP) is 2.04. The number of carbonyl (C=O) groups excluding carboxylic acids is 3. The minimum Gasteiger partial charge on any atom is -0.464 e. The predicted molar refractivity (Wildman–Crippen MR) is 100 cm³/mol. The van der Waals surface area contributed by atoms with Crippen LogP contribution in [0.3, 0.4) is 0 Å². The fourth-order valence-corrected chi connectivity index (χ4v) is 2.51. The van der Waals surface area contributed by atoms with Crippen LogP contribution in [0.5, 0.6) is 0 Å². The maximum absolute atomic E-state index is 12.6. The van der Waals surface area contributed by atoms with Gasteiger partial charge in [0.2, 0.25) is 5.91 Å². The van der Waals surface area contributed by atoms with E-state index in [-0.39, 0.29) is 18.1 Å². The molecule has 2 aromatic carbocycles. The van der Waals surface area contributed by atoms with Gasteiger partial charge in [0.15, 0.2) is 6.04 Å². The van der Waals surface area contributed by atoms with Crippen LogP contribution in [-0.4, -0.2) is 35.5 Å². The minimum atomic E-state index is -1.27. The molecule has 0 aliphatic rings. The number of aliphatic hydroxyl groups excluding tert-OH is 1. The summed E-state index contributed by atoms with van der Waals surface area (Å²) < 4.78 is 4.99. The second-order valence-corrected chi connectivity index (χ2v) is 5.82. The molecule has 0 saturated heterocycles. The van der Waals surface area contributed by atoms with Gasteiger partial charge in [0, 0.05) is 18.2 Å². The molecule has 27 heavy (non-hydrogen) atoms. The van der Waals surface area contributed by atoms with Gasteiger partial charge in [-0.1, -0.05) is 36.4 Å². The first-order chi connectivity index (χ1) is 12.9. The van der Waals surface area contributed by atoms with Gasteiger partial charge in [-0.3, -0.25) is 9.59 Å². The van der Waals surface area contributed by atoms with E-state index >= 15 is 0 Å². The number of aliphatic hydroxyl groups is 1. The van der Waals surface area contributed by atoms with E-state index in [0.717, 1.165) is 0 Å². The molecule has 7 heteroatoms. The lowest BCUT2D eigenvalue weighted by molar-refractivity contribution is -0.148. The van der Waals surface area contributed by atoms with Gasteiger partial charge >= 0.3 is 5.97 Å². The first-order valence-corrected chi connectivity index (χ1v) is 8.50. The van der Waals surface area contributed by atoms with Gasteiger partial charge in [0.1, 0.15) is 6.10 Å². The first kappa shape index (κ1) is 20.1. The number of hydrogen-bond donors (Lipinski definition) is 3. The molecule has 2 rings (SSSR count). The van der Waals surface area contributed by atoms with Crippen LogP contribution in [-0.2, 0) is 14.3 Å². The Labute approximate surface area is 157 Å². The zero-order valence-electron chi connectivity index (χ0n) is 15.1. The zero-order chi connectivity index (χ0) is 19.8. The molecule has 0 heterocycles. The number of ether oxygens (including phenoxy) is 1. The Hall–Kier alpha value is -3.19. The van der Waals surface area contributed by atoms with Crippen molar-refractivity contribution >= 4 is 23.5 Å². The maximum Gasteiger partial charge on any atom is 0.331 e. The molecule has 2 atom stereocenters. The maximum atomic E-state index is 12.6. The molecule has 2 amide bonds. The summed E-state index contributed by atoms with van der Waals surface area (Å²) in [4.78, 5) is 36.1. The largest absolute Gasteiger partial charge is 0.464 e. The Morgan fingerprint density at radius 3 is 2.41 bits per heavy atom. The molecule has 2 unspecified atom stereocenters.